The number of ether oxygens (including phenoxy) is 1. The molecular weight excluding hydrogens is 316 g/mol. The molecule has 1 aromatic carbocycles. The monoisotopic (exact) mass is 336 g/mol. The van der Waals surface area contributed by atoms with Crippen LogP contribution in [0.4, 0.5) is 0 Å². The van der Waals surface area contributed by atoms with Crippen molar-refractivity contribution in [1.82, 2.24) is 10.3 Å². The number of carboxylic acids is 1. The lowest BCUT2D eigenvalue weighted by atomic mass is 10.2. The predicted molar refractivity (Wildman–Crippen MR) is 88.2 cm³/mol. The van der Waals surface area contributed by atoms with Gasteiger partial charge in [-0.25, -0.2) is 9.78 Å². The van der Waals surface area contributed by atoms with Crippen molar-refractivity contribution < 1.29 is 19.7 Å². The molecule has 0 aliphatic carbocycles. The second-order valence-electron chi connectivity index (χ2n) is 5.22. The minimum atomic E-state index is -1.01. The molecule has 7 heteroatoms. The zero-order valence-electron chi connectivity index (χ0n) is 12.8. The van der Waals surface area contributed by atoms with E-state index in [4.69, 9.17) is 9.84 Å². The molecule has 124 valence electrons. The van der Waals surface area contributed by atoms with Gasteiger partial charge in [0.25, 0.3) is 0 Å². The molecule has 0 amide bonds. The van der Waals surface area contributed by atoms with Gasteiger partial charge in [-0.15, -0.1) is 11.3 Å². The fourth-order valence-corrected chi connectivity index (χ4v) is 2.84. The fraction of sp³-hybridized carbons (Fsp3) is 0.375. The third-order valence-electron chi connectivity index (χ3n) is 3.14. The summed E-state index contributed by atoms with van der Waals surface area (Å²) >= 11 is 1.33. The maximum absolute atomic E-state index is 10.8. The number of nitrogens with one attached hydrogen (secondary N) is 1. The van der Waals surface area contributed by atoms with Crippen molar-refractivity contribution in [3.8, 4) is 5.75 Å². The van der Waals surface area contributed by atoms with Crippen molar-refractivity contribution in [2.75, 3.05) is 13.2 Å². The van der Waals surface area contributed by atoms with Gasteiger partial charge in [-0.1, -0.05) is 18.2 Å². The van der Waals surface area contributed by atoms with Crippen LogP contribution in [-0.4, -0.2) is 46.5 Å². The topological polar surface area (TPSA) is 91.7 Å². The smallest absolute Gasteiger partial charge is 0.355 e. The molecule has 0 radical (unpaired) electrons. The van der Waals surface area contributed by atoms with Crippen LogP contribution in [0, 0.1) is 0 Å². The van der Waals surface area contributed by atoms with Crippen LogP contribution in [0.3, 0.4) is 0 Å². The summed E-state index contributed by atoms with van der Waals surface area (Å²) in [5.74, 6) is -0.287. The molecule has 23 heavy (non-hydrogen) atoms. The predicted octanol–water partition coefficient (Wildman–Crippen LogP) is 1.80. The lowest BCUT2D eigenvalue weighted by Gasteiger charge is -2.17. The van der Waals surface area contributed by atoms with Crippen molar-refractivity contribution in [2.24, 2.45) is 0 Å². The third kappa shape index (κ3) is 5.97. The summed E-state index contributed by atoms with van der Waals surface area (Å²) in [5, 5.41) is 24.3. The minimum Gasteiger partial charge on any atom is -0.491 e. The Labute approximate surface area is 138 Å². The first-order valence-corrected chi connectivity index (χ1v) is 8.19. The minimum absolute atomic E-state index is 0.0773. The highest BCUT2D eigenvalue weighted by Gasteiger charge is 2.13. The van der Waals surface area contributed by atoms with Gasteiger partial charge in [0.2, 0.25) is 0 Å². The number of para-hydroxylation sites is 1. The van der Waals surface area contributed by atoms with E-state index in [0.717, 1.165) is 10.8 Å². The van der Waals surface area contributed by atoms with E-state index in [1.807, 2.05) is 37.3 Å². The number of thiazole rings is 1. The molecule has 0 spiro atoms. The Bertz CT molecular complexity index is 618. The average Bonchev–Trinajstić information content (AvgIpc) is 3.00. The summed E-state index contributed by atoms with van der Waals surface area (Å²) in [4.78, 5) is 14.8. The van der Waals surface area contributed by atoms with Gasteiger partial charge in [0.1, 0.15) is 18.5 Å². The highest BCUT2D eigenvalue weighted by molar-refractivity contribution is 7.09. The molecule has 1 heterocycles. The molecule has 2 atom stereocenters. The van der Waals surface area contributed by atoms with Crippen molar-refractivity contribution in [1.29, 1.82) is 0 Å². The number of hydrogen-bond acceptors (Lipinski definition) is 6. The summed E-state index contributed by atoms with van der Waals surface area (Å²) in [7, 11) is 0. The Morgan fingerprint density at radius 3 is 2.78 bits per heavy atom. The summed E-state index contributed by atoms with van der Waals surface area (Å²) in [5.41, 5.74) is 0.0773. The van der Waals surface area contributed by atoms with Crippen LogP contribution < -0.4 is 10.1 Å². The van der Waals surface area contributed by atoms with E-state index in [-0.39, 0.29) is 18.3 Å². The second kappa shape index (κ2) is 8.61. The molecule has 0 saturated carbocycles. The van der Waals surface area contributed by atoms with Gasteiger partial charge in [0.15, 0.2) is 5.69 Å². The Kier molecular flexibility index (Phi) is 6.52. The highest BCUT2D eigenvalue weighted by Crippen LogP contribution is 2.12. The summed E-state index contributed by atoms with van der Waals surface area (Å²) < 4.78 is 5.48. The molecule has 0 aliphatic rings. The molecule has 0 aliphatic heterocycles. The standard InChI is InChI=1S/C16H20N2O4S/c1-11(7-15-18-14(10-23-15)16(20)21)17-8-12(19)9-22-13-5-3-2-4-6-13/h2-6,10-12,17,19H,7-9H2,1H3,(H,20,21)/t11-,12+/m1/s1. The zero-order valence-corrected chi connectivity index (χ0v) is 13.6. The third-order valence-corrected chi connectivity index (χ3v) is 4.01. The van der Waals surface area contributed by atoms with E-state index in [0.29, 0.717) is 13.0 Å². The number of carbonyl (C=O) groups is 1. The van der Waals surface area contributed by atoms with Gasteiger partial charge in [0.05, 0.1) is 5.01 Å². The number of rotatable bonds is 9. The van der Waals surface area contributed by atoms with Crippen LogP contribution in [0.5, 0.6) is 5.75 Å². The number of aromatic carboxylic acids is 1. The maximum Gasteiger partial charge on any atom is 0.355 e. The quantitative estimate of drug-likeness (QED) is 0.647. The van der Waals surface area contributed by atoms with E-state index in [2.05, 4.69) is 10.3 Å². The Morgan fingerprint density at radius 2 is 2.13 bits per heavy atom. The first-order valence-electron chi connectivity index (χ1n) is 7.31. The van der Waals surface area contributed by atoms with Gasteiger partial charge in [-0.2, -0.15) is 0 Å². The van der Waals surface area contributed by atoms with E-state index in [1.165, 1.54) is 16.7 Å². The van der Waals surface area contributed by atoms with E-state index >= 15 is 0 Å². The molecule has 3 N–H and O–H groups in total. The molecule has 0 bridgehead atoms. The van der Waals surface area contributed by atoms with Gasteiger partial charge in [-0.05, 0) is 19.1 Å². The van der Waals surface area contributed by atoms with Gasteiger partial charge in [-0.3, -0.25) is 0 Å². The van der Waals surface area contributed by atoms with Gasteiger partial charge < -0.3 is 20.3 Å². The van der Waals surface area contributed by atoms with Gasteiger partial charge in [0, 0.05) is 24.4 Å². The zero-order chi connectivity index (χ0) is 16.7. The summed E-state index contributed by atoms with van der Waals surface area (Å²) in [6.07, 6.45) is -0.00644. The number of benzene rings is 1. The van der Waals surface area contributed by atoms with Crippen LogP contribution in [0.1, 0.15) is 22.4 Å². The number of aromatic nitrogens is 1. The van der Waals surface area contributed by atoms with Gasteiger partial charge >= 0.3 is 5.97 Å². The van der Waals surface area contributed by atoms with E-state index in [9.17, 15) is 9.90 Å². The normalized spacial score (nSPS) is 13.5. The largest absolute Gasteiger partial charge is 0.491 e. The lowest BCUT2D eigenvalue weighted by molar-refractivity contribution is 0.0691. The Morgan fingerprint density at radius 1 is 1.39 bits per heavy atom. The molecule has 1 aromatic heterocycles. The maximum atomic E-state index is 10.8. The SMILES string of the molecule is C[C@H](Cc1nc(C(=O)O)cs1)NC[C@H](O)COc1ccccc1. The fourth-order valence-electron chi connectivity index (χ4n) is 1.94. The molecule has 0 unspecified atom stereocenters. The van der Waals surface area contributed by atoms with Crippen LogP contribution >= 0.6 is 11.3 Å². The van der Waals surface area contributed by atoms with Crippen molar-refractivity contribution in [3.05, 3.63) is 46.4 Å². The molecule has 2 rings (SSSR count). The number of aliphatic hydroxyl groups is 1. The first kappa shape index (κ1) is 17.4. The Hall–Kier alpha value is -1.96. The van der Waals surface area contributed by atoms with Crippen molar-refractivity contribution >= 4 is 17.3 Å². The lowest BCUT2D eigenvalue weighted by Crippen LogP contribution is -2.37. The first-order chi connectivity index (χ1) is 11.0. The second-order valence-corrected chi connectivity index (χ2v) is 6.17. The van der Waals surface area contributed by atoms with Crippen molar-refractivity contribution in [3.63, 3.8) is 0 Å². The van der Waals surface area contributed by atoms with Crippen LogP contribution in [-0.2, 0) is 6.42 Å². The average molecular weight is 336 g/mol. The number of nitrogens with zero attached hydrogens (tertiary/aromatic N) is 1. The van der Waals surface area contributed by atoms with Crippen LogP contribution in [0.15, 0.2) is 35.7 Å². The van der Waals surface area contributed by atoms with E-state index < -0.39 is 12.1 Å². The van der Waals surface area contributed by atoms with E-state index in [1.54, 1.807) is 0 Å². The molecule has 6 nitrogen and oxygen atoms in total. The molecule has 0 fully saturated rings. The summed E-state index contributed by atoms with van der Waals surface area (Å²) in [6.45, 7) is 2.57. The van der Waals surface area contributed by atoms with Crippen LogP contribution in [0.25, 0.3) is 0 Å². The molecule has 2 aromatic rings. The molecular formula is C16H20N2O4S. The van der Waals surface area contributed by atoms with Crippen molar-refractivity contribution in [2.45, 2.75) is 25.5 Å². The van der Waals surface area contributed by atoms with Crippen LogP contribution in [0.2, 0.25) is 0 Å². The number of carboxylic acid groups (broad SMARTS) is 1. The Balaban J connectivity index is 1.68. The molecule has 0 saturated heterocycles. The highest BCUT2D eigenvalue weighted by atomic mass is 32.1. The summed E-state index contributed by atoms with van der Waals surface area (Å²) in [6, 6.07) is 9.41. The number of aliphatic hydroxyl groups excluding tert-OH is 1. The number of hydrogen-bond donors (Lipinski definition) is 3.